The minimum Gasteiger partial charge on any atom is -0.486 e. The van der Waals surface area contributed by atoms with Crippen molar-refractivity contribution in [2.45, 2.75) is 25.8 Å². The van der Waals surface area contributed by atoms with Gasteiger partial charge in [-0.25, -0.2) is 0 Å². The number of hydrogen-bond donors (Lipinski definition) is 1. The molecule has 0 bridgehead atoms. The zero-order chi connectivity index (χ0) is 13.8. The molecule has 0 aliphatic carbocycles. The van der Waals surface area contributed by atoms with Gasteiger partial charge in [-0.1, -0.05) is 17.8 Å². The van der Waals surface area contributed by atoms with E-state index >= 15 is 0 Å². The molecule has 0 saturated carbocycles. The van der Waals surface area contributed by atoms with Gasteiger partial charge in [0.2, 0.25) is 0 Å². The van der Waals surface area contributed by atoms with Crippen LogP contribution in [0.4, 0.5) is 0 Å². The van der Waals surface area contributed by atoms with Gasteiger partial charge < -0.3 is 14.8 Å². The lowest BCUT2D eigenvalue weighted by atomic mass is 10.1. The van der Waals surface area contributed by atoms with E-state index in [-0.39, 0.29) is 0 Å². The van der Waals surface area contributed by atoms with Gasteiger partial charge in [0.05, 0.1) is 0 Å². The topological polar surface area (TPSA) is 42.9 Å². The fraction of sp³-hybridized carbons (Fsp3) is 0.533. The Kier molecular flexibility index (Phi) is 4.35. The van der Waals surface area contributed by atoms with Crippen LogP contribution in [-0.4, -0.2) is 36.7 Å². The molecule has 2 heterocycles. The number of hydrogen-bond acceptors (Lipinski definition) is 4. The molecule has 2 aliphatic rings. The van der Waals surface area contributed by atoms with Gasteiger partial charge in [0, 0.05) is 18.3 Å². The van der Waals surface area contributed by atoms with Crippen LogP contribution in [0, 0.1) is 0 Å². The summed E-state index contributed by atoms with van der Waals surface area (Å²) in [6, 6.07) is 6.70. The smallest absolute Gasteiger partial charge is 0.161 e. The van der Waals surface area contributed by atoms with Crippen LogP contribution in [0.2, 0.25) is 0 Å². The summed E-state index contributed by atoms with van der Waals surface area (Å²) in [5.41, 5.74) is 1.24. The van der Waals surface area contributed by atoms with E-state index in [2.05, 4.69) is 29.4 Å². The quantitative estimate of drug-likeness (QED) is 0.929. The van der Waals surface area contributed by atoms with Crippen LogP contribution < -0.4 is 14.8 Å². The molecule has 0 aromatic heterocycles. The number of ether oxygens (including phenoxy) is 2. The van der Waals surface area contributed by atoms with Crippen LogP contribution in [0.15, 0.2) is 23.2 Å². The first kappa shape index (κ1) is 13.6. The van der Waals surface area contributed by atoms with Crippen LogP contribution in [0.1, 0.15) is 18.9 Å². The van der Waals surface area contributed by atoms with Crippen LogP contribution in [-0.2, 0) is 6.42 Å². The predicted octanol–water partition coefficient (Wildman–Crippen LogP) is 2.47. The second-order valence-electron chi connectivity index (χ2n) is 5.10. The fourth-order valence-corrected chi connectivity index (χ4v) is 3.41. The molecule has 20 heavy (non-hydrogen) atoms. The maximum Gasteiger partial charge on any atom is 0.161 e. The molecular formula is C15H20N2O2S. The van der Waals surface area contributed by atoms with Gasteiger partial charge in [-0.2, -0.15) is 0 Å². The Bertz CT molecular complexity index is 505. The van der Waals surface area contributed by atoms with Crippen LogP contribution in [0.5, 0.6) is 11.5 Å². The maximum atomic E-state index is 5.60. The zero-order valence-electron chi connectivity index (χ0n) is 11.7. The number of rotatable bonds is 3. The molecule has 0 spiro atoms. The molecule has 0 radical (unpaired) electrons. The summed E-state index contributed by atoms with van der Waals surface area (Å²) in [4.78, 5) is 4.64. The summed E-state index contributed by atoms with van der Waals surface area (Å²) in [6.45, 7) is 4.29. The Hall–Kier alpha value is -1.36. The number of benzene rings is 1. The highest BCUT2D eigenvalue weighted by atomic mass is 32.2. The van der Waals surface area contributed by atoms with Crippen molar-refractivity contribution >= 4 is 16.9 Å². The lowest BCUT2D eigenvalue weighted by Gasteiger charge is -2.21. The zero-order valence-corrected chi connectivity index (χ0v) is 12.5. The first-order valence-corrected chi connectivity index (χ1v) is 8.12. The van der Waals surface area contributed by atoms with E-state index in [9.17, 15) is 0 Å². The summed E-state index contributed by atoms with van der Waals surface area (Å²) in [7, 11) is 0. The number of nitrogens with zero attached hydrogens (tertiary/aromatic N) is 1. The largest absolute Gasteiger partial charge is 0.486 e. The Balaban J connectivity index is 1.57. The summed E-state index contributed by atoms with van der Waals surface area (Å²) in [6.07, 6.45) is 2.14. The van der Waals surface area contributed by atoms with E-state index in [1.165, 1.54) is 12.0 Å². The first-order chi connectivity index (χ1) is 9.81. The second-order valence-corrected chi connectivity index (χ2v) is 6.18. The maximum absolute atomic E-state index is 5.60. The molecule has 1 aromatic carbocycles. The van der Waals surface area contributed by atoms with E-state index in [1.807, 2.05) is 17.8 Å². The van der Waals surface area contributed by atoms with Gasteiger partial charge in [-0.05, 0) is 37.5 Å². The molecule has 1 unspecified atom stereocenters. The van der Waals surface area contributed by atoms with Crippen molar-refractivity contribution in [2.24, 2.45) is 4.99 Å². The number of amidine groups is 1. The van der Waals surface area contributed by atoms with Gasteiger partial charge in [-0.3, -0.25) is 4.99 Å². The average molecular weight is 292 g/mol. The number of aliphatic imine (C=N–C) groups is 1. The Labute approximate surface area is 123 Å². The summed E-state index contributed by atoms with van der Waals surface area (Å²) >= 11 is 1.82. The highest BCUT2D eigenvalue weighted by Crippen LogP contribution is 2.30. The summed E-state index contributed by atoms with van der Waals surface area (Å²) in [5.74, 6) is 2.88. The predicted molar refractivity (Wildman–Crippen MR) is 83.1 cm³/mol. The van der Waals surface area contributed by atoms with E-state index in [1.54, 1.807) is 0 Å². The van der Waals surface area contributed by atoms with Crippen molar-refractivity contribution in [2.75, 3.05) is 25.5 Å². The SMILES string of the molecule is CC1CCSC(=NCCc2ccc3c(c2)OCCO3)N1. The van der Waals surface area contributed by atoms with E-state index in [0.717, 1.165) is 35.4 Å². The van der Waals surface area contributed by atoms with Crippen LogP contribution in [0.25, 0.3) is 0 Å². The number of nitrogens with one attached hydrogen (secondary N) is 1. The van der Waals surface area contributed by atoms with Crippen molar-refractivity contribution in [3.8, 4) is 11.5 Å². The molecular weight excluding hydrogens is 272 g/mol. The summed E-state index contributed by atoms with van der Waals surface area (Å²) in [5, 5.41) is 4.51. The molecule has 5 heteroatoms. The Morgan fingerprint density at radius 3 is 3.00 bits per heavy atom. The van der Waals surface area contributed by atoms with Gasteiger partial charge in [0.25, 0.3) is 0 Å². The molecule has 1 aromatic rings. The minimum atomic E-state index is 0.546. The third kappa shape index (κ3) is 3.39. The molecule has 2 aliphatic heterocycles. The van der Waals surface area contributed by atoms with Gasteiger partial charge in [0.15, 0.2) is 16.7 Å². The van der Waals surface area contributed by atoms with Crippen LogP contribution in [0.3, 0.4) is 0 Å². The fourth-order valence-electron chi connectivity index (χ4n) is 2.28. The van der Waals surface area contributed by atoms with Crippen molar-refractivity contribution in [1.29, 1.82) is 0 Å². The third-order valence-corrected chi connectivity index (χ3v) is 4.38. The molecule has 0 amide bonds. The average Bonchev–Trinajstić information content (AvgIpc) is 2.47. The standard InChI is InChI=1S/C15H20N2O2S/c1-11-5-9-20-15(17-11)16-6-4-12-2-3-13-14(10-12)19-8-7-18-13/h2-3,10-11H,4-9H2,1H3,(H,16,17). The molecule has 108 valence electrons. The monoisotopic (exact) mass is 292 g/mol. The number of thioether (sulfide) groups is 1. The third-order valence-electron chi connectivity index (χ3n) is 3.42. The van der Waals surface area contributed by atoms with Crippen molar-refractivity contribution in [3.63, 3.8) is 0 Å². The van der Waals surface area contributed by atoms with E-state index in [0.29, 0.717) is 19.3 Å². The highest BCUT2D eigenvalue weighted by Gasteiger charge is 2.13. The number of fused-ring (bicyclic) bond motifs is 1. The first-order valence-electron chi connectivity index (χ1n) is 7.13. The lowest BCUT2D eigenvalue weighted by molar-refractivity contribution is 0.171. The highest BCUT2D eigenvalue weighted by molar-refractivity contribution is 8.13. The van der Waals surface area contributed by atoms with Crippen molar-refractivity contribution in [1.82, 2.24) is 5.32 Å². The van der Waals surface area contributed by atoms with Crippen molar-refractivity contribution < 1.29 is 9.47 Å². The van der Waals surface area contributed by atoms with Gasteiger partial charge in [0.1, 0.15) is 13.2 Å². The lowest BCUT2D eigenvalue weighted by Crippen LogP contribution is -2.35. The van der Waals surface area contributed by atoms with Gasteiger partial charge in [-0.15, -0.1) is 0 Å². The molecule has 4 nitrogen and oxygen atoms in total. The molecule has 1 saturated heterocycles. The molecule has 1 N–H and O–H groups in total. The minimum absolute atomic E-state index is 0.546. The Morgan fingerprint density at radius 1 is 1.30 bits per heavy atom. The van der Waals surface area contributed by atoms with E-state index < -0.39 is 0 Å². The Morgan fingerprint density at radius 2 is 2.15 bits per heavy atom. The molecule has 3 rings (SSSR count). The van der Waals surface area contributed by atoms with Crippen molar-refractivity contribution in [3.05, 3.63) is 23.8 Å². The van der Waals surface area contributed by atoms with Gasteiger partial charge >= 0.3 is 0 Å². The normalized spacial score (nSPS) is 23.4. The molecule has 1 fully saturated rings. The van der Waals surface area contributed by atoms with E-state index in [4.69, 9.17) is 9.47 Å². The summed E-state index contributed by atoms with van der Waals surface area (Å²) < 4.78 is 11.1. The molecule has 1 atom stereocenters. The second kappa shape index (κ2) is 6.39. The van der Waals surface area contributed by atoms with Crippen LogP contribution >= 0.6 is 11.8 Å².